The number of rotatable bonds is 3. The molecule has 1 aliphatic heterocycles. The quantitative estimate of drug-likeness (QED) is 0.720. The number of ether oxygens (including phenoxy) is 1. The molecule has 16 heavy (non-hydrogen) atoms. The Morgan fingerprint density at radius 2 is 2.12 bits per heavy atom. The van der Waals surface area contributed by atoms with Crippen LogP contribution in [0.2, 0.25) is 0 Å². The van der Waals surface area contributed by atoms with Crippen molar-refractivity contribution in [1.29, 1.82) is 5.26 Å². The van der Waals surface area contributed by atoms with E-state index in [-0.39, 0.29) is 5.91 Å². The SMILES string of the molecule is CN(CC1CC1)C(=O)C1(C#N)CCOCC1. The summed E-state index contributed by atoms with van der Waals surface area (Å²) in [7, 11) is 1.81. The molecule has 0 aromatic carbocycles. The highest BCUT2D eigenvalue weighted by atomic mass is 16.5. The van der Waals surface area contributed by atoms with Gasteiger partial charge in [-0.15, -0.1) is 0 Å². The van der Waals surface area contributed by atoms with Crippen molar-refractivity contribution in [3.8, 4) is 6.07 Å². The van der Waals surface area contributed by atoms with E-state index < -0.39 is 5.41 Å². The molecule has 4 nitrogen and oxygen atoms in total. The van der Waals surface area contributed by atoms with Gasteiger partial charge < -0.3 is 9.64 Å². The van der Waals surface area contributed by atoms with Gasteiger partial charge in [0.15, 0.2) is 0 Å². The van der Waals surface area contributed by atoms with E-state index in [0.29, 0.717) is 32.0 Å². The Morgan fingerprint density at radius 1 is 1.50 bits per heavy atom. The van der Waals surface area contributed by atoms with Crippen molar-refractivity contribution in [2.75, 3.05) is 26.8 Å². The van der Waals surface area contributed by atoms with E-state index >= 15 is 0 Å². The molecule has 4 heteroatoms. The van der Waals surface area contributed by atoms with Crippen LogP contribution in [0.1, 0.15) is 25.7 Å². The summed E-state index contributed by atoms with van der Waals surface area (Å²) in [5.74, 6) is 0.662. The highest BCUT2D eigenvalue weighted by Crippen LogP contribution is 2.34. The van der Waals surface area contributed by atoms with Crippen molar-refractivity contribution < 1.29 is 9.53 Å². The van der Waals surface area contributed by atoms with E-state index in [1.165, 1.54) is 12.8 Å². The van der Waals surface area contributed by atoms with E-state index in [1.807, 2.05) is 7.05 Å². The maximum atomic E-state index is 12.3. The highest BCUT2D eigenvalue weighted by molar-refractivity contribution is 5.85. The molecule has 0 aromatic heterocycles. The summed E-state index contributed by atoms with van der Waals surface area (Å²) in [6.07, 6.45) is 3.52. The predicted molar refractivity (Wildman–Crippen MR) is 58.5 cm³/mol. The largest absolute Gasteiger partial charge is 0.381 e. The molecular weight excluding hydrogens is 204 g/mol. The fourth-order valence-corrected chi connectivity index (χ4v) is 2.23. The van der Waals surface area contributed by atoms with Crippen LogP contribution >= 0.6 is 0 Å². The van der Waals surface area contributed by atoms with Crippen molar-refractivity contribution in [1.82, 2.24) is 4.90 Å². The first-order valence-electron chi connectivity index (χ1n) is 5.92. The fourth-order valence-electron chi connectivity index (χ4n) is 2.23. The second-order valence-electron chi connectivity index (χ2n) is 4.94. The molecule has 1 saturated carbocycles. The van der Waals surface area contributed by atoms with Gasteiger partial charge >= 0.3 is 0 Å². The lowest BCUT2D eigenvalue weighted by molar-refractivity contribution is -0.142. The van der Waals surface area contributed by atoms with Crippen molar-refractivity contribution in [3.05, 3.63) is 0 Å². The zero-order chi connectivity index (χ0) is 11.6. The molecule has 1 heterocycles. The third-order valence-corrected chi connectivity index (χ3v) is 3.55. The second-order valence-corrected chi connectivity index (χ2v) is 4.94. The molecule has 2 rings (SSSR count). The standard InChI is InChI=1S/C12H18N2O2/c1-14(8-10-2-3-10)11(15)12(9-13)4-6-16-7-5-12/h10H,2-8H2,1H3. The Morgan fingerprint density at radius 3 is 2.62 bits per heavy atom. The second kappa shape index (κ2) is 4.42. The molecular formula is C12H18N2O2. The van der Waals surface area contributed by atoms with E-state index in [9.17, 15) is 10.1 Å². The minimum Gasteiger partial charge on any atom is -0.381 e. The molecule has 1 saturated heterocycles. The van der Waals surface area contributed by atoms with E-state index in [1.54, 1.807) is 4.90 Å². The average molecular weight is 222 g/mol. The monoisotopic (exact) mass is 222 g/mol. The molecule has 2 fully saturated rings. The molecule has 88 valence electrons. The smallest absolute Gasteiger partial charge is 0.242 e. The number of carbonyl (C=O) groups is 1. The topological polar surface area (TPSA) is 53.3 Å². The summed E-state index contributed by atoms with van der Waals surface area (Å²) < 4.78 is 5.23. The van der Waals surface area contributed by atoms with Gasteiger partial charge in [0.2, 0.25) is 5.91 Å². The van der Waals surface area contributed by atoms with Gasteiger partial charge in [0.1, 0.15) is 5.41 Å². The normalized spacial score (nSPS) is 23.5. The van der Waals surface area contributed by atoms with Crippen LogP contribution in [0, 0.1) is 22.7 Å². The lowest BCUT2D eigenvalue weighted by atomic mass is 9.80. The molecule has 0 N–H and O–H groups in total. The first kappa shape index (κ1) is 11.4. The number of nitrogens with zero attached hydrogens (tertiary/aromatic N) is 2. The number of carbonyl (C=O) groups excluding carboxylic acids is 1. The Bertz CT molecular complexity index is 311. The average Bonchev–Trinajstić information content (AvgIpc) is 3.12. The minimum atomic E-state index is -0.818. The van der Waals surface area contributed by atoms with Crippen LogP contribution < -0.4 is 0 Å². The third-order valence-electron chi connectivity index (χ3n) is 3.55. The number of amides is 1. The van der Waals surface area contributed by atoms with Crippen LogP contribution in [0.15, 0.2) is 0 Å². The summed E-state index contributed by atoms with van der Waals surface area (Å²) in [4.78, 5) is 14.0. The molecule has 1 aliphatic carbocycles. The van der Waals surface area contributed by atoms with Gasteiger partial charge in [0.25, 0.3) is 0 Å². The number of hydrogen-bond acceptors (Lipinski definition) is 3. The van der Waals surface area contributed by atoms with Gasteiger partial charge in [-0.1, -0.05) is 0 Å². The lowest BCUT2D eigenvalue weighted by Crippen LogP contribution is -2.45. The summed E-state index contributed by atoms with van der Waals surface area (Å²) >= 11 is 0. The molecule has 0 radical (unpaired) electrons. The van der Waals surface area contributed by atoms with Gasteiger partial charge in [-0.3, -0.25) is 4.79 Å². The zero-order valence-corrected chi connectivity index (χ0v) is 9.74. The molecule has 0 spiro atoms. The van der Waals surface area contributed by atoms with E-state index in [2.05, 4.69) is 6.07 Å². The van der Waals surface area contributed by atoms with Gasteiger partial charge in [0, 0.05) is 26.8 Å². The van der Waals surface area contributed by atoms with Gasteiger partial charge in [0.05, 0.1) is 6.07 Å². The summed E-state index contributed by atoms with van der Waals surface area (Å²) in [6, 6.07) is 2.22. The van der Waals surface area contributed by atoms with Crippen molar-refractivity contribution in [2.45, 2.75) is 25.7 Å². The molecule has 0 unspecified atom stereocenters. The van der Waals surface area contributed by atoms with Gasteiger partial charge in [-0.25, -0.2) is 0 Å². The van der Waals surface area contributed by atoms with Crippen LogP contribution in [0.25, 0.3) is 0 Å². The van der Waals surface area contributed by atoms with Crippen molar-refractivity contribution >= 4 is 5.91 Å². The Hall–Kier alpha value is -1.08. The number of nitriles is 1. The molecule has 2 aliphatic rings. The van der Waals surface area contributed by atoms with Crippen LogP contribution in [0.5, 0.6) is 0 Å². The van der Waals surface area contributed by atoms with Gasteiger partial charge in [-0.05, 0) is 31.6 Å². The van der Waals surface area contributed by atoms with E-state index in [4.69, 9.17) is 4.74 Å². The molecule has 0 bridgehead atoms. The fraction of sp³-hybridized carbons (Fsp3) is 0.833. The molecule has 0 aromatic rings. The number of hydrogen-bond donors (Lipinski definition) is 0. The first-order valence-corrected chi connectivity index (χ1v) is 5.92. The molecule has 1 amide bonds. The summed E-state index contributed by atoms with van der Waals surface area (Å²) in [6.45, 7) is 1.86. The Kier molecular flexibility index (Phi) is 3.15. The van der Waals surface area contributed by atoms with Gasteiger partial charge in [-0.2, -0.15) is 5.26 Å². The van der Waals surface area contributed by atoms with Crippen LogP contribution in [0.3, 0.4) is 0 Å². The van der Waals surface area contributed by atoms with Crippen LogP contribution in [0.4, 0.5) is 0 Å². The summed E-state index contributed by atoms with van der Waals surface area (Å²) in [5, 5.41) is 9.26. The third kappa shape index (κ3) is 2.19. The summed E-state index contributed by atoms with van der Waals surface area (Å²) in [5.41, 5.74) is -0.818. The van der Waals surface area contributed by atoms with Crippen molar-refractivity contribution in [2.24, 2.45) is 11.3 Å². The van der Waals surface area contributed by atoms with Crippen LogP contribution in [-0.2, 0) is 9.53 Å². The van der Waals surface area contributed by atoms with Crippen molar-refractivity contribution in [3.63, 3.8) is 0 Å². The lowest BCUT2D eigenvalue weighted by Gasteiger charge is -2.33. The Labute approximate surface area is 96.2 Å². The maximum absolute atomic E-state index is 12.3. The van der Waals surface area contributed by atoms with E-state index in [0.717, 1.165) is 6.54 Å². The maximum Gasteiger partial charge on any atom is 0.242 e. The minimum absolute atomic E-state index is 0.00907. The van der Waals surface area contributed by atoms with Crippen LogP contribution in [-0.4, -0.2) is 37.6 Å². The molecule has 0 atom stereocenters. The highest BCUT2D eigenvalue weighted by Gasteiger charge is 2.43. The first-order chi connectivity index (χ1) is 7.68. The Balaban J connectivity index is 2.01. The zero-order valence-electron chi connectivity index (χ0n) is 9.74. The predicted octanol–water partition coefficient (Wildman–Crippen LogP) is 1.18.